The van der Waals surface area contributed by atoms with Crippen LogP contribution in [0.2, 0.25) is 0 Å². The summed E-state index contributed by atoms with van der Waals surface area (Å²) in [5, 5.41) is 7.57. The molecule has 52 heavy (non-hydrogen) atoms. The molecular formula is C37H43F3N6O6. The molecule has 278 valence electrons. The third kappa shape index (κ3) is 10.7. The number of hydrogen-bond acceptors (Lipinski definition) is 9. The molecular weight excluding hydrogens is 681 g/mol. The topological polar surface area (TPSA) is 146 Å². The van der Waals surface area contributed by atoms with E-state index in [9.17, 15) is 22.8 Å². The summed E-state index contributed by atoms with van der Waals surface area (Å²) in [5.41, 5.74) is -0.952. The zero-order valence-corrected chi connectivity index (χ0v) is 30.3. The normalized spacial score (nSPS) is 11.8. The lowest BCUT2D eigenvalue weighted by molar-refractivity contribution is -0.138. The number of nitrogens with zero attached hydrogens (tertiary/aromatic N) is 3. The van der Waals surface area contributed by atoms with Gasteiger partial charge in [0, 0.05) is 29.4 Å². The van der Waals surface area contributed by atoms with E-state index in [0.717, 1.165) is 17.4 Å². The summed E-state index contributed by atoms with van der Waals surface area (Å²) in [6, 6.07) is 11.8. The molecule has 0 radical (unpaired) electrons. The first kappa shape index (κ1) is 39.2. The van der Waals surface area contributed by atoms with Crippen molar-refractivity contribution < 1.29 is 41.7 Å². The average Bonchev–Trinajstić information content (AvgIpc) is 3.07. The molecule has 15 heteroatoms. The predicted octanol–water partition coefficient (Wildman–Crippen LogP) is 8.30. The van der Waals surface area contributed by atoms with Crippen molar-refractivity contribution in [1.82, 2.24) is 20.3 Å². The van der Waals surface area contributed by atoms with Crippen LogP contribution in [0.5, 0.6) is 17.4 Å². The van der Waals surface area contributed by atoms with E-state index >= 15 is 0 Å². The number of aromatic nitrogens is 3. The van der Waals surface area contributed by atoms with E-state index in [1.54, 1.807) is 54.7 Å². The van der Waals surface area contributed by atoms with E-state index < -0.39 is 34.9 Å². The highest BCUT2D eigenvalue weighted by atomic mass is 19.4. The molecule has 0 fully saturated rings. The Bertz CT molecular complexity index is 1880. The van der Waals surface area contributed by atoms with Crippen molar-refractivity contribution in [3.8, 4) is 28.8 Å². The number of methoxy groups -OCH3 is 1. The molecule has 12 nitrogen and oxygen atoms in total. The second-order valence-electron chi connectivity index (χ2n) is 13.4. The Labute approximate surface area is 300 Å². The van der Waals surface area contributed by atoms with Gasteiger partial charge in [0.1, 0.15) is 18.0 Å². The molecule has 4 rings (SSSR count). The fourth-order valence-corrected chi connectivity index (χ4v) is 4.96. The number of ether oxygens (including phenoxy) is 4. The van der Waals surface area contributed by atoms with Gasteiger partial charge in [-0.15, -0.1) is 0 Å². The summed E-state index contributed by atoms with van der Waals surface area (Å²) in [6.07, 6.45) is -2.56. The van der Waals surface area contributed by atoms with Crippen molar-refractivity contribution in [3.05, 3.63) is 83.3 Å². The SMILES string of the molecule is CCOc1cc(-c2ncc(NC(=O)Nc3ccc(C(C)(C)CNC(=O)OC(C)(C)C)c(C(F)(F)F)c3)c(C)n2)cnc1OCc1ccc(OC)cc1. The number of rotatable bonds is 12. The highest BCUT2D eigenvalue weighted by Gasteiger charge is 2.38. The molecule has 3 amide bonds. The van der Waals surface area contributed by atoms with Crippen LogP contribution in [0.15, 0.2) is 60.9 Å². The van der Waals surface area contributed by atoms with Crippen molar-refractivity contribution in [2.45, 2.75) is 72.3 Å². The monoisotopic (exact) mass is 724 g/mol. The number of aryl methyl sites for hydroxylation is 1. The van der Waals surface area contributed by atoms with Gasteiger partial charge >= 0.3 is 18.3 Å². The number of benzene rings is 2. The molecule has 0 aliphatic heterocycles. The van der Waals surface area contributed by atoms with Crippen LogP contribution in [0.1, 0.15) is 63.9 Å². The number of carbonyl (C=O) groups is 2. The standard InChI is InChI=1S/C37H43F3N6O6/c1-9-50-30-16-24(18-42-32(30)51-20-23-10-13-26(49-8)14-11-23)31-41-19-29(22(2)44-31)46-33(47)45-25-12-15-27(28(17-25)37(38,39)40)36(6,7)21-43-34(48)52-35(3,4)5/h10-19H,9,20-21H2,1-8H3,(H,43,48)(H2,45,46,47). The maximum atomic E-state index is 14.2. The Morgan fingerprint density at radius 2 is 1.58 bits per heavy atom. The van der Waals surface area contributed by atoms with Crippen LogP contribution in [-0.2, 0) is 22.9 Å². The Morgan fingerprint density at radius 3 is 2.19 bits per heavy atom. The molecule has 2 heterocycles. The van der Waals surface area contributed by atoms with E-state index in [-0.39, 0.29) is 36.0 Å². The number of alkyl carbamates (subject to hydrolysis) is 1. The minimum absolute atomic E-state index is 0.0688. The second kappa shape index (κ2) is 16.2. The summed E-state index contributed by atoms with van der Waals surface area (Å²) in [5.74, 6) is 1.71. The minimum atomic E-state index is -4.75. The lowest BCUT2D eigenvalue weighted by Gasteiger charge is -2.30. The quantitative estimate of drug-likeness (QED) is 0.131. The Hall–Kier alpha value is -5.60. The fourth-order valence-electron chi connectivity index (χ4n) is 4.96. The zero-order chi connectivity index (χ0) is 38.3. The lowest BCUT2D eigenvalue weighted by atomic mass is 9.81. The van der Waals surface area contributed by atoms with E-state index in [2.05, 4.69) is 30.9 Å². The number of anilines is 2. The van der Waals surface area contributed by atoms with Gasteiger partial charge in [0.05, 0.1) is 36.9 Å². The van der Waals surface area contributed by atoms with Gasteiger partial charge in [-0.3, -0.25) is 0 Å². The number of hydrogen-bond donors (Lipinski definition) is 3. The number of pyridine rings is 1. The molecule has 3 N–H and O–H groups in total. The first-order valence-electron chi connectivity index (χ1n) is 16.4. The summed E-state index contributed by atoms with van der Waals surface area (Å²) in [7, 11) is 1.59. The van der Waals surface area contributed by atoms with E-state index in [1.165, 1.54) is 24.5 Å². The highest BCUT2D eigenvalue weighted by molar-refractivity contribution is 6.00. The Balaban J connectivity index is 1.45. The van der Waals surface area contributed by atoms with Gasteiger partial charge < -0.3 is 34.9 Å². The van der Waals surface area contributed by atoms with Gasteiger partial charge in [-0.2, -0.15) is 13.2 Å². The van der Waals surface area contributed by atoms with E-state index in [4.69, 9.17) is 18.9 Å². The third-order valence-corrected chi connectivity index (χ3v) is 7.52. The van der Waals surface area contributed by atoms with Crippen LogP contribution in [0, 0.1) is 6.92 Å². The molecule has 2 aromatic heterocycles. The predicted molar refractivity (Wildman–Crippen MR) is 190 cm³/mol. The highest BCUT2D eigenvalue weighted by Crippen LogP contribution is 2.39. The van der Waals surface area contributed by atoms with Crippen LogP contribution < -0.4 is 30.2 Å². The summed E-state index contributed by atoms with van der Waals surface area (Å²) in [6.45, 7) is 12.2. The number of amides is 3. The van der Waals surface area contributed by atoms with E-state index in [1.807, 2.05) is 31.2 Å². The first-order valence-corrected chi connectivity index (χ1v) is 16.4. The molecule has 0 saturated carbocycles. The number of carbonyl (C=O) groups excluding carboxylic acids is 2. The molecule has 0 aliphatic carbocycles. The average molecular weight is 725 g/mol. The maximum absolute atomic E-state index is 14.2. The summed E-state index contributed by atoms with van der Waals surface area (Å²) < 4.78 is 64.8. The number of halogens is 3. The van der Waals surface area contributed by atoms with Gasteiger partial charge in [0.2, 0.25) is 0 Å². The molecule has 0 unspecified atom stereocenters. The van der Waals surface area contributed by atoms with Crippen LogP contribution in [0.3, 0.4) is 0 Å². The molecule has 0 aliphatic rings. The van der Waals surface area contributed by atoms with Gasteiger partial charge in [0.15, 0.2) is 11.6 Å². The lowest BCUT2D eigenvalue weighted by Crippen LogP contribution is -2.40. The third-order valence-electron chi connectivity index (χ3n) is 7.52. The van der Waals surface area contributed by atoms with Crippen molar-refractivity contribution in [3.63, 3.8) is 0 Å². The fraction of sp³-hybridized carbons (Fsp3) is 0.378. The van der Waals surface area contributed by atoms with Gasteiger partial charge in [-0.25, -0.2) is 24.5 Å². The summed E-state index contributed by atoms with van der Waals surface area (Å²) >= 11 is 0. The second-order valence-corrected chi connectivity index (χ2v) is 13.4. The van der Waals surface area contributed by atoms with Gasteiger partial charge in [-0.05, 0) is 76.1 Å². The first-order chi connectivity index (χ1) is 24.4. The molecule has 0 atom stereocenters. The number of alkyl halides is 3. The molecule has 0 spiro atoms. The van der Waals surface area contributed by atoms with Crippen molar-refractivity contribution in [2.24, 2.45) is 0 Å². The van der Waals surface area contributed by atoms with Crippen LogP contribution >= 0.6 is 0 Å². The van der Waals surface area contributed by atoms with Gasteiger partial charge in [-0.1, -0.05) is 32.0 Å². The van der Waals surface area contributed by atoms with Crippen LogP contribution in [0.4, 0.5) is 34.1 Å². The number of urea groups is 1. The zero-order valence-electron chi connectivity index (χ0n) is 30.3. The number of nitrogens with one attached hydrogen (secondary N) is 3. The minimum Gasteiger partial charge on any atom is -0.497 e. The molecule has 0 saturated heterocycles. The van der Waals surface area contributed by atoms with E-state index in [0.29, 0.717) is 29.4 Å². The molecule has 4 aromatic rings. The Kier molecular flexibility index (Phi) is 12.2. The van der Waals surface area contributed by atoms with Crippen molar-refractivity contribution in [2.75, 3.05) is 30.9 Å². The van der Waals surface area contributed by atoms with Crippen molar-refractivity contribution in [1.29, 1.82) is 0 Å². The molecule has 2 aromatic carbocycles. The summed E-state index contributed by atoms with van der Waals surface area (Å²) in [4.78, 5) is 38.3. The molecule has 0 bridgehead atoms. The van der Waals surface area contributed by atoms with Crippen LogP contribution in [0.25, 0.3) is 11.4 Å². The largest absolute Gasteiger partial charge is 0.497 e. The Morgan fingerprint density at radius 1 is 0.865 bits per heavy atom. The van der Waals surface area contributed by atoms with Gasteiger partial charge in [0.25, 0.3) is 5.88 Å². The van der Waals surface area contributed by atoms with Crippen molar-refractivity contribution >= 4 is 23.5 Å². The maximum Gasteiger partial charge on any atom is 0.416 e. The smallest absolute Gasteiger partial charge is 0.416 e. The van der Waals surface area contributed by atoms with Crippen LogP contribution in [-0.4, -0.2) is 52.9 Å².